The smallest absolute Gasteiger partial charge is 0.206 e. The lowest BCUT2D eigenvalue weighted by atomic mass is 9.96. The van der Waals surface area contributed by atoms with E-state index in [1.807, 2.05) is 24.3 Å². The highest BCUT2D eigenvalue weighted by Crippen LogP contribution is 2.39. The molecule has 0 atom stereocenters. The molecule has 1 aliphatic heterocycles. The number of aromatic nitrogens is 5. The number of anilines is 2. The molecule has 3 aromatic carbocycles. The van der Waals surface area contributed by atoms with Crippen LogP contribution in [0.2, 0.25) is 0 Å². The average Bonchev–Trinajstić information content (AvgIpc) is 3.53. The second-order valence-electron chi connectivity index (χ2n) is 12.5. The van der Waals surface area contributed by atoms with Gasteiger partial charge in [0, 0.05) is 54.7 Å². The molecule has 1 aliphatic rings. The van der Waals surface area contributed by atoms with Crippen molar-refractivity contribution in [3.05, 3.63) is 95.6 Å². The summed E-state index contributed by atoms with van der Waals surface area (Å²) in [6, 6.07) is 17.3. The van der Waals surface area contributed by atoms with E-state index in [1.54, 1.807) is 38.1 Å². The molecular formula is C34H33F4N7O2. The zero-order chi connectivity index (χ0) is 33.7. The first kappa shape index (κ1) is 32.1. The Balaban J connectivity index is 1.32. The Morgan fingerprint density at radius 3 is 1.81 bits per heavy atom. The van der Waals surface area contributed by atoms with Crippen molar-refractivity contribution in [2.24, 2.45) is 0 Å². The molecule has 0 saturated carbocycles. The Morgan fingerprint density at radius 2 is 1.28 bits per heavy atom. The van der Waals surface area contributed by atoms with E-state index in [4.69, 9.17) is 0 Å². The first-order valence-corrected chi connectivity index (χ1v) is 15.0. The van der Waals surface area contributed by atoms with Gasteiger partial charge in [-0.15, -0.1) is 5.10 Å². The van der Waals surface area contributed by atoms with E-state index in [-0.39, 0.29) is 28.2 Å². The van der Waals surface area contributed by atoms with E-state index < -0.39 is 40.3 Å². The minimum absolute atomic E-state index is 0.218. The molecule has 2 N–H and O–H groups in total. The van der Waals surface area contributed by atoms with Gasteiger partial charge < -0.3 is 20.0 Å². The van der Waals surface area contributed by atoms with Gasteiger partial charge in [-0.25, -0.2) is 22.5 Å². The van der Waals surface area contributed by atoms with Crippen LogP contribution < -0.4 is 9.80 Å². The largest absolute Gasteiger partial charge is 0.386 e. The summed E-state index contributed by atoms with van der Waals surface area (Å²) >= 11 is 0. The van der Waals surface area contributed by atoms with Crippen LogP contribution in [0.4, 0.5) is 28.9 Å². The summed E-state index contributed by atoms with van der Waals surface area (Å²) in [4.78, 5) is 8.69. The first-order chi connectivity index (χ1) is 22.2. The molecule has 0 unspecified atom stereocenters. The van der Waals surface area contributed by atoms with Gasteiger partial charge in [-0.1, -0.05) is 24.3 Å². The van der Waals surface area contributed by atoms with Gasteiger partial charge in [0.25, 0.3) is 0 Å². The fourth-order valence-corrected chi connectivity index (χ4v) is 5.67. The molecule has 6 rings (SSSR count). The van der Waals surface area contributed by atoms with Gasteiger partial charge in [0.15, 0.2) is 17.4 Å². The molecule has 1 saturated heterocycles. The van der Waals surface area contributed by atoms with Crippen LogP contribution in [0.1, 0.15) is 33.3 Å². The molecule has 0 aliphatic carbocycles. The van der Waals surface area contributed by atoms with Gasteiger partial charge in [-0.2, -0.15) is 4.68 Å². The van der Waals surface area contributed by atoms with Crippen molar-refractivity contribution in [3.63, 3.8) is 0 Å². The summed E-state index contributed by atoms with van der Waals surface area (Å²) in [5, 5.41) is 31.6. The van der Waals surface area contributed by atoms with Crippen molar-refractivity contribution < 1.29 is 27.8 Å². The van der Waals surface area contributed by atoms with E-state index in [9.17, 15) is 14.6 Å². The van der Waals surface area contributed by atoms with Gasteiger partial charge in [-0.05, 0) is 85.6 Å². The first-order valence-electron chi connectivity index (χ1n) is 15.0. The van der Waals surface area contributed by atoms with Gasteiger partial charge in [0.2, 0.25) is 5.82 Å². The zero-order valence-corrected chi connectivity index (χ0v) is 26.2. The number of aliphatic hydroxyl groups is 2. The average molecular weight is 648 g/mol. The van der Waals surface area contributed by atoms with Gasteiger partial charge >= 0.3 is 0 Å². The Hall–Kier alpha value is -4.88. The quantitative estimate of drug-likeness (QED) is 0.212. The summed E-state index contributed by atoms with van der Waals surface area (Å²) in [5.41, 5.74) is -1.19. The Morgan fingerprint density at radius 1 is 0.702 bits per heavy atom. The molecule has 0 amide bonds. The maximum atomic E-state index is 16.1. The second kappa shape index (κ2) is 12.0. The molecule has 0 bridgehead atoms. The molecule has 2 aromatic heterocycles. The van der Waals surface area contributed by atoms with Crippen molar-refractivity contribution in [2.45, 2.75) is 39.0 Å². The molecule has 0 spiro atoms. The highest BCUT2D eigenvalue weighted by Gasteiger charge is 2.31. The maximum absolute atomic E-state index is 16.1. The minimum Gasteiger partial charge on any atom is -0.386 e. The van der Waals surface area contributed by atoms with Crippen molar-refractivity contribution >= 4 is 11.4 Å². The standard InChI is InChI=1S/C34H33F4N7O2/c1-33(2,46)21-7-12-24(13-8-21)44-17-15-43(16-18-44)23-10-5-20(6-11-23)27-28(37)29(38)31(32-40-41-42-45(32)34(3,4)47)39-30(27)25-14-9-22(35)19-26(25)36/h5-14,19,46-47H,15-18H2,1-4H3. The number of hydrogen-bond donors (Lipinski definition) is 2. The summed E-state index contributed by atoms with van der Waals surface area (Å²) < 4.78 is 61.7. The van der Waals surface area contributed by atoms with Crippen molar-refractivity contribution in [1.29, 1.82) is 0 Å². The number of halogens is 4. The van der Waals surface area contributed by atoms with Crippen LogP contribution in [0.15, 0.2) is 66.7 Å². The molecule has 13 heteroatoms. The third-order valence-corrected chi connectivity index (χ3v) is 8.21. The zero-order valence-electron chi connectivity index (χ0n) is 26.2. The molecule has 3 heterocycles. The molecular weight excluding hydrogens is 614 g/mol. The van der Waals surface area contributed by atoms with E-state index in [1.165, 1.54) is 13.8 Å². The maximum Gasteiger partial charge on any atom is 0.206 e. The second-order valence-corrected chi connectivity index (χ2v) is 12.5. The van der Waals surface area contributed by atoms with Crippen LogP contribution in [0, 0.1) is 23.3 Å². The van der Waals surface area contributed by atoms with E-state index in [2.05, 4.69) is 30.3 Å². The SMILES string of the molecule is CC(C)(O)c1ccc(N2CCN(c3ccc(-c4c(-c5ccc(F)cc5F)nc(-c5nnnn5C(C)(C)O)c(F)c4F)cc3)CC2)cc1. The van der Waals surface area contributed by atoms with Crippen molar-refractivity contribution in [3.8, 4) is 33.9 Å². The minimum atomic E-state index is -1.70. The Labute approximate surface area is 268 Å². The number of piperazine rings is 1. The summed E-state index contributed by atoms with van der Waals surface area (Å²) in [6.07, 6.45) is 0. The lowest BCUT2D eigenvalue weighted by Gasteiger charge is -2.37. The lowest BCUT2D eigenvalue weighted by Crippen LogP contribution is -2.46. The molecule has 1 fully saturated rings. The predicted molar refractivity (Wildman–Crippen MR) is 169 cm³/mol. The number of nitrogens with zero attached hydrogens (tertiary/aromatic N) is 7. The van der Waals surface area contributed by atoms with Crippen LogP contribution in [0.25, 0.3) is 33.9 Å². The third-order valence-electron chi connectivity index (χ3n) is 8.21. The highest BCUT2D eigenvalue weighted by molar-refractivity contribution is 5.84. The normalized spacial score (nSPS) is 14.2. The topological polar surface area (TPSA) is 103 Å². The molecule has 47 heavy (non-hydrogen) atoms. The highest BCUT2D eigenvalue weighted by atomic mass is 19.2. The van der Waals surface area contributed by atoms with Crippen LogP contribution in [-0.4, -0.2) is 61.6 Å². The van der Waals surface area contributed by atoms with Crippen LogP contribution >= 0.6 is 0 Å². The Bertz CT molecular complexity index is 1910. The van der Waals surface area contributed by atoms with Crippen LogP contribution in [-0.2, 0) is 11.3 Å². The van der Waals surface area contributed by atoms with Crippen molar-refractivity contribution in [1.82, 2.24) is 25.2 Å². The van der Waals surface area contributed by atoms with Crippen LogP contribution in [0.3, 0.4) is 0 Å². The number of pyridine rings is 1. The number of benzene rings is 3. The number of tetrazole rings is 1. The fourth-order valence-electron chi connectivity index (χ4n) is 5.67. The molecule has 5 aromatic rings. The van der Waals surface area contributed by atoms with Crippen LogP contribution in [0.5, 0.6) is 0 Å². The Kier molecular flexibility index (Phi) is 8.22. The lowest BCUT2D eigenvalue weighted by molar-refractivity contribution is -0.0105. The van der Waals surface area contributed by atoms with Crippen molar-refractivity contribution in [2.75, 3.05) is 36.0 Å². The monoisotopic (exact) mass is 647 g/mol. The molecule has 0 radical (unpaired) electrons. The summed E-state index contributed by atoms with van der Waals surface area (Å²) in [6.45, 7) is 9.06. The predicted octanol–water partition coefficient (Wildman–Crippen LogP) is 5.86. The number of hydrogen-bond acceptors (Lipinski definition) is 8. The number of rotatable bonds is 7. The van der Waals surface area contributed by atoms with E-state index in [0.717, 1.165) is 46.8 Å². The third kappa shape index (κ3) is 6.28. The molecule has 9 nitrogen and oxygen atoms in total. The van der Waals surface area contributed by atoms with E-state index in [0.29, 0.717) is 19.2 Å². The van der Waals surface area contributed by atoms with Gasteiger partial charge in [0.1, 0.15) is 17.3 Å². The summed E-state index contributed by atoms with van der Waals surface area (Å²) in [7, 11) is 0. The fraction of sp³-hybridized carbons (Fsp3) is 0.294. The van der Waals surface area contributed by atoms with Gasteiger partial charge in [-0.3, -0.25) is 0 Å². The van der Waals surface area contributed by atoms with E-state index >= 15 is 13.2 Å². The molecule has 244 valence electrons. The van der Waals surface area contributed by atoms with Gasteiger partial charge in [0.05, 0.1) is 11.3 Å². The summed E-state index contributed by atoms with van der Waals surface area (Å²) in [5.74, 6) is -5.00.